The lowest BCUT2D eigenvalue weighted by Gasteiger charge is -2.19. The van der Waals surface area contributed by atoms with Gasteiger partial charge in [-0.2, -0.15) is 12.9 Å². The standard InChI is InChI=1S/C9H21N.H6O13P4/c1-4-7-10(8-5-2)9-6-3;1-14(2,3)11-16(7,8)13-17(9,10)12-15(4,5)6/h4-9H2,1-3H3;(H,7,8)(H,9,10)(H2,1,2,3)(H2,4,5,6). The van der Waals surface area contributed by atoms with Gasteiger partial charge in [0.1, 0.15) is 0 Å². The Bertz CT molecular complexity index is 544. The first-order valence-corrected chi connectivity index (χ1v) is 13.6. The summed E-state index contributed by atoms with van der Waals surface area (Å²) in [5.41, 5.74) is 0. The largest absolute Gasteiger partial charge is 0.490 e. The molecule has 0 bridgehead atoms. The second kappa shape index (κ2) is 13.0. The highest BCUT2D eigenvalue weighted by Gasteiger charge is 2.43. The molecule has 0 saturated heterocycles. The van der Waals surface area contributed by atoms with Crippen LogP contribution in [0.4, 0.5) is 0 Å². The van der Waals surface area contributed by atoms with E-state index in [4.69, 9.17) is 29.4 Å². The number of rotatable bonds is 12. The van der Waals surface area contributed by atoms with Gasteiger partial charge < -0.3 is 34.3 Å². The number of hydrogen-bond donors (Lipinski definition) is 6. The maximum absolute atomic E-state index is 10.7. The van der Waals surface area contributed by atoms with E-state index in [1.165, 1.54) is 38.9 Å². The Labute approximate surface area is 157 Å². The monoisotopic (exact) mass is 481 g/mol. The van der Waals surface area contributed by atoms with Gasteiger partial charge in [-0.25, -0.2) is 18.3 Å². The van der Waals surface area contributed by atoms with E-state index in [0.717, 1.165) is 0 Å². The first kappa shape index (κ1) is 29.7. The minimum absolute atomic E-state index is 1.28. The molecule has 0 saturated carbocycles. The zero-order valence-electron chi connectivity index (χ0n) is 15.0. The SMILES string of the molecule is CCCN(CCC)CCC.O=P(O)(O)OP(=O)(O)OP(=O)(O)OP(=O)(O)O. The van der Waals surface area contributed by atoms with Crippen LogP contribution in [0, 0.1) is 0 Å². The van der Waals surface area contributed by atoms with Crippen molar-refractivity contribution in [2.45, 2.75) is 40.0 Å². The Balaban J connectivity index is 0. The Morgan fingerprint density at radius 2 is 0.852 bits per heavy atom. The number of hydrogen-bond acceptors (Lipinski definition) is 8. The molecule has 2 unspecified atom stereocenters. The molecule has 14 nitrogen and oxygen atoms in total. The van der Waals surface area contributed by atoms with Crippen molar-refractivity contribution in [3.8, 4) is 0 Å². The van der Waals surface area contributed by atoms with E-state index >= 15 is 0 Å². The minimum atomic E-state index is -5.77. The molecule has 0 aliphatic carbocycles. The average molecular weight is 481 g/mol. The smallest absolute Gasteiger partial charge is 0.303 e. The molecule has 0 aliphatic rings. The van der Waals surface area contributed by atoms with Gasteiger partial charge in [0.2, 0.25) is 0 Å². The van der Waals surface area contributed by atoms with E-state index in [1.807, 2.05) is 0 Å². The van der Waals surface area contributed by atoms with E-state index in [1.54, 1.807) is 0 Å². The van der Waals surface area contributed by atoms with Crippen LogP contribution < -0.4 is 0 Å². The van der Waals surface area contributed by atoms with Gasteiger partial charge in [-0.05, 0) is 38.9 Å². The molecule has 0 spiro atoms. The van der Waals surface area contributed by atoms with Gasteiger partial charge in [0, 0.05) is 0 Å². The van der Waals surface area contributed by atoms with E-state index in [-0.39, 0.29) is 0 Å². The maximum Gasteiger partial charge on any atom is 0.490 e. The van der Waals surface area contributed by atoms with E-state index in [0.29, 0.717) is 0 Å². The Hall–Kier alpha value is 0.520. The second-order valence-corrected chi connectivity index (χ2v) is 10.8. The van der Waals surface area contributed by atoms with Crippen LogP contribution in [0.25, 0.3) is 0 Å². The Morgan fingerprint density at radius 1 is 0.593 bits per heavy atom. The molecule has 0 aliphatic heterocycles. The van der Waals surface area contributed by atoms with Crippen LogP contribution in [-0.2, 0) is 31.2 Å². The van der Waals surface area contributed by atoms with Crippen LogP contribution in [0.2, 0.25) is 0 Å². The molecule has 0 heterocycles. The Morgan fingerprint density at radius 3 is 1.04 bits per heavy atom. The van der Waals surface area contributed by atoms with Gasteiger partial charge in [-0.15, -0.1) is 0 Å². The summed E-state index contributed by atoms with van der Waals surface area (Å²) in [4.78, 5) is 52.0. The van der Waals surface area contributed by atoms with Gasteiger partial charge >= 0.3 is 31.3 Å². The number of nitrogens with zero attached hydrogens (tertiary/aromatic N) is 1. The highest BCUT2D eigenvalue weighted by Crippen LogP contribution is 2.69. The molecule has 0 amide bonds. The topological polar surface area (TPSA) is 221 Å². The van der Waals surface area contributed by atoms with Crippen molar-refractivity contribution >= 4 is 31.3 Å². The van der Waals surface area contributed by atoms with Crippen molar-refractivity contribution in [3.05, 3.63) is 0 Å². The molecule has 0 rings (SSSR count). The summed E-state index contributed by atoms with van der Waals surface area (Å²) in [7, 11) is -22.6. The summed E-state index contributed by atoms with van der Waals surface area (Å²) in [6.07, 6.45) is 3.88. The molecule has 0 aromatic carbocycles. The van der Waals surface area contributed by atoms with Crippen molar-refractivity contribution in [3.63, 3.8) is 0 Å². The molecule has 166 valence electrons. The molecule has 0 aromatic heterocycles. The normalized spacial score (nSPS) is 17.0. The summed E-state index contributed by atoms with van der Waals surface area (Å²) in [6.45, 7) is 10.6. The molecular formula is C9H27NO13P4. The fraction of sp³-hybridized carbons (Fsp3) is 1.00. The van der Waals surface area contributed by atoms with Crippen molar-refractivity contribution in [2.75, 3.05) is 19.6 Å². The lowest BCUT2D eigenvalue weighted by Crippen LogP contribution is -2.25. The molecule has 0 fully saturated rings. The van der Waals surface area contributed by atoms with Crippen LogP contribution in [0.5, 0.6) is 0 Å². The predicted octanol–water partition coefficient (Wildman–Crippen LogP) is 1.94. The molecule has 2 atom stereocenters. The second-order valence-electron chi connectivity index (χ2n) is 5.00. The highest BCUT2D eigenvalue weighted by molar-refractivity contribution is 7.69. The molecule has 0 aromatic rings. The predicted molar refractivity (Wildman–Crippen MR) is 94.3 cm³/mol. The number of phosphoric acid groups is 4. The van der Waals surface area contributed by atoms with Crippen LogP contribution >= 0.6 is 31.3 Å². The summed E-state index contributed by atoms with van der Waals surface area (Å²) in [5, 5.41) is 0. The van der Waals surface area contributed by atoms with Crippen molar-refractivity contribution in [2.24, 2.45) is 0 Å². The fourth-order valence-electron chi connectivity index (χ4n) is 1.71. The summed E-state index contributed by atoms with van der Waals surface area (Å²) >= 11 is 0. The Kier molecular flexibility index (Phi) is 14.3. The van der Waals surface area contributed by atoms with Crippen LogP contribution in [0.1, 0.15) is 40.0 Å². The quantitative estimate of drug-likeness (QED) is 0.219. The van der Waals surface area contributed by atoms with Crippen molar-refractivity contribution in [1.29, 1.82) is 0 Å². The average Bonchev–Trinajstić information content (AvgIpc) is 2.32. The molecule has 18 heteroatoms. The third-order valence-corrected chi connectivity index (χ3v) is 7.25. The zero-order chi connectivity index (χ0) is 21.9. The summed E-state index contributed by atoms with van der Waals surface area (Å²) in [5.74, 6) is 0. The lowest BCUT2D eigenvalue weighted by atomic mass is 10.3. The van der Waals surface area contributed by atoms with Gasteiger partial charge in [0.25, 0.3) is 0 Å². The third kappa shape index (κ3) is 21.1. The molecule has 0 radical (unpaired) electrons. The molecular weight excluding hydrogens is 454 g/mol. The van der Waals surface area contributed by atoms with E-state index < -0.39 is 31.3 Å². The van der Waals surface area contributed by atoms with Gasteiger partial charge in [-0.3, -0.25) is 0 Å². The van der Waals surface area contributed by atoms with Crippen LogP contribution in [0.15, 0.2) is 0 Å². The first-order chi connectivity index (χ1) is 12.0. The van der Waals surface area contributed by atoms with Crippen molar-refractivity contribution in [1.82, 2.24) is 4.90 Å². The summed E-state index contributed by atoms with van der Waals surface area (Å²) < 4.78 is 50.9. The zero-order valence-corrected chi connectivity index (χ0v) is 18.6. The highest BCUT2D eigenvalue weighted by atomic mass is 31.3. The van der Waals surface area contributed by atoms with Gasteiger partial charge in [0.05, 0.1) is 0 Å². The van der Waals surface area contributed by atoms with Gasteiger partial charge in [0.15, 0.2) is 0 Å². The fourth-order valence-corrected chi connectivity index (χ4v) is 5.68. The lowest BCUT2D eigenvalue weighted by molar-refractivity contribution is 0.194. The third-order valence-electron chi connectivity index (χ3n) is 2.24. The minimum Gasteiger partial charge on any atom is -0.303 e. The summed E-state index contributed by atoms with van der Waals surface area (Å²) in [6, 6.07) is 0. The van der Waals surface area contributed by atoms with Crippen LogP contribution in [0.3, 0.4) is 0 Å². The van der Waals surface area contributed by atoms with E-state index in [9.17, 15) is 18.3 Å². The maximum atomic E-state index is 10.7. The molecule has 27 heavy (non-hydrogen) atoms. The molecule has 6 N–H and O–H groups in total. The first-order valence-electron chi connectivity index (χ1n) is 7.60. The van der Waals surface area contributed by atoms with Crippen LogP contribution in [-0.4, -0.2) is 53.9 Å². The van der Waals surface area contributed by atoms with E-state index in [2.05, 4.69) is 38.6 Å². The van der Waals surface area contributed by atoms with Gasteiger partial charge in [-0.1, -0.05) is 20.8 Å². The van der Waals surface area contributed by atoms with Crippen molar-refractivity contribution < 1.29 is 60.6 Å².